The number of oxazole rings is 1. The van der Waals surface area contributed by atoms with Gasteiger partial charge in [-0.25, -0.2) is 9.78 Å². The Hall–Kier alpha value is -3.54. The highest BCUT2D eigenvalue weighted by Gasteiger charge is 2.27. The zero-order valence-corrected chi connectivity index (χ0v) is 20.5. The van der Waals surface area contributed by atoms with Crippen LogP contribution in [0.5, 0.6) is 0 Å². The van der Waals surface area contributed by atoms with Gasteiger partial charge in [0.25, 0.3) is 5.56 Å². The maximum atomic E-state index is 13.8. The lowest BCUT2D eigenvalue weighted by Crippen LogP contribution is -2.43. The highest BCUT2D eigenvalue weighted by Crippen LogP contribution is 2.35. The van der Waals surface area contributed by atoms with E-state index in [4.69, 9.17) is 19.6 Å². The summed E-state index contributed by atoms with van der Waals surface area (Å²) in [6, 6.07) is 9.40. The van der Waals surface area contributed by atoms with Crippen molar-refractivity contribution >= 4 is 27.5 Å². The number of primary amides is 1. The molecule has 1 amide bonds. The second-order valence-corrected chi connectivity index (χ2v) is 9.65. The highest BCUT2D eigenvalue weighted by molar-refractivity contribution is 7.22. The van der Waals surface area contributed by atoms with Gasteiger partial charge in [-0.1, -0.05) is 30.3 Å². The van der Waals surface area contributed by atoms with E-state index < -0.39 is 29.6 Å². The Morgan fingerprint density at radius 3 is 2.72 bits per heavy atom. The molecule has 5 rings (SSSR count). The highest BCUT2D eigenvalue weighted by atomic mass is 32.1. The lowest BCUT2D eigenvalue weighted by molar-refractivity contribution is -0.192. The first-order chi connectivity index (χ1) is 17.4. The molecule has 1 fully saturated rings. The lowest BCUT2D eigenvalue weighted by Gasteiger charge is -2.28. The van der Waals surface area contributed by atoms with Crippen LogP contribution >= 0.6 is 11.3 Å². The Morgan fingerprint density at radius 2 is 2.06 bits per heavy atom. The predicted molar refractivity (Wildman–Crippen MR) is 134 cm³/mol. The van der Waals surface area contributed by atoms with Crippen LogP contribution in [0.3, 0.4) is 0 Å². The average molecular weight is 511 g/mol. The minimum Gasteiger partial charge on any atom is -0.444 e. The Kier molecular flexibility index (Phi) is 6.86. The minimum absolute atomic E-state index is 0.0557. The van der Waals surface area contributed by atoms with Gasteiger partial charge in [0.2, 0.25) is 11.8 Å². The molecular weight excluding hydrogens is 484 g/mol. The third-order valence-electron chi connectivity index (χ3n) is 6.21. The van der Waals surface area contributed by atoms with E-state index in [2.05, 4.69) is 4.98 Å². The molecule has 0 saturated carbocycles. The van der Waals surface area contributed by atoms with Gasteiger partial charge in [-0.05, 0) is 37.3 Å². The number of benzene rings is 1. The van der Waals surface area contributed by atoms with Crippen LogP contribution in [0.25, 0.3) is 21.0 Å². The van der Waals surface area contributed by atoms with Crippen LogP contribution in [0, 0.1) is 6.92 Å². The maximum Gasteiger partial charge on any atom is 0.332 e. The van der Waals surface area contributed by atoms with Gasteiger partial charge in [0, 0.05) is 6.61 Å². The van der Waals surface area contributed by atoms with E-state index in [-0.39, 0.29) is 13.1 Å². The van der Waals surface area contributed by atoms with Crippen molar-refractivity contribution in [2.45, 2.75) is 51.7 Å². The first-order valence-electron chi connectivity index (χ1n) is 11.7. The van der Waals surface area contributed by atoms with Crippen LogP contribution < -0.4 is 17.0 Å². The molecule has 1 unspecified atom stereocenters. The van der Waals surface area contributed by atoms with Crippen molar-refractivity contribution in [3.05, 3.63) is 74.8 Å². The van der Waals surface area contributed by atoms with Gasteiger partial charge in [-0.3, -0.25) is 18.7 Å². The molecule has 1 aliphatic rings. The number of ether oxygens (including phenoxy) is 2. The van der Waals surface area contributed by atoms with E-state index in [0.29, 0.717) is 33.2 Å². The van der Waals surface area contributed by atoms with Crippen molar-refractivity contribution in [3.63, 3.8) is 0 Å². The summed E-state index contributed by atoms with van der Waals surface area (Å²) >= 11 is 1.17. The first-order valence-corrected chi connectivity index (χ1v) is 12.5. The van der Waals surface area contributed by atoms with Crippen LogP contribution in [0.4, 0.5) is 0 Å². The number of fused-ring (bicyclic) bond motifs is 1. The summed E-state index contributed by atoms with van der Waals surface area (Å²) in [4.78, 5) is 44.4. The number of carbonyl (C=O) groups is 1. The molecule has 10 nitrogen and oxygen atoms in total. The number of thiophene rings is 1. The number of hydrogen-bond donors (Lipinski definition) is 1. The summed E-state index contributed by atoms with van der Waals surface area (Å²) < 4.78 is 19.8. The van der Waals surface area contributed by atoms with E-state index in [1.807, 2.05) is 30.3 Å². The summed E-state index contributed by atoms with van der Waals surface area (Å²) in [5.74, 6) is -0.364. The van der Waals surface area contributed by atoms with Gasteiger partial charge in [0.1, 0.15) is 23.7 Å². The Labute approximate surface area is 209 Å². The van der Waals surface area contributed by atoms with Crippen molar-refractivity contribution < 1.29 is 18.7 Å². The fraction of sp³-hybridized carbons (Fsp3) is 0.360. The van der Waals surface area contributed by atoms with Crippen molar-refractivity contribution in [2.75, 3.05) is 6.61 Å². The molecule has 1 saturated heterocycles. The average Bonchev–Trinajstić information content (AvgIpc) is 3.53. The topological polar surface area (TPSA) is 132 Å². The molecule has 4 heterocycles. The number of carbonyl (C=O) groups excluding carboxylic acids is 1. The van der Waals surface area contributed by atoms with Crippen molar-refractivity contribution in [3.8, 4) is 10.8 Å². The quantitative estimate of drug-likeness (QED) is 0.385. The number of hydrogen-bond acceptors (Lipinski definition) is 8. The van der Waals surface area contributed by atoms with E-state index in [9.17, 15) is 14.4 Å². The second-order valence-electron chi connectivity index (χ2n) is 8.66. The summed E-state index contributed by atoms with van der Waals surface area (Å²) in [7, 11) is 0. The monoisotopic (exact) mass is 510 g/mol. The fourth-order valence-electron chi connectivity index (χ4n) is 4.45. The predicted octanol–water partition coefficient (Wildman–Crippen LogP) is 2.96. The molecule has 188 valence electrons. The molecule has 0 spiro atoms. The molecule has 2 N–H and O–H groups in total. The molecule has 36 heavy (non-hydrogen) atoms. The number of aryl methyl sites for hydroxylation is 1. The van der Waals surface area contributed by atoms with Gasteiger partial charge < -0.3 is 19.6 Å². The zero-order valence-electron chi connectivity index (χ0n) is 19.7. The van der Waals surface area contributed by atoms with Crippen LogP contribution in [0.1, 0.15) is 36.5 Å². The van der Waals surface area contributed by atoms with Crippen molar-refractivity contribution in [1.29, 1.82) is 0 Å². The first kappa shape index (κ1) is 24.2. The largest absolute Gasteiger partial charge is 0.444 e. The maximum absolute atomic E-state index is 13.8. The van der Waals surface area contributed by atoms with Crippen LogP contribution in [0.2, 0.25) is 0 Å². The standard InChI is InChI=1S/C25H26N4O6S/c1-15-20-23(31)28(13-17(16-7-3-2-4-8-16)35-19-9-5-6-11-33-19)25(32)29(14-18(26)30)24(20)36-21(15)22-27-10-12-34-22/h2-4,7-8,10,12,17,19H,5-6,9,11,13-14H2,1H3,(H2,26,30)/t17-,19?/m0/s1. The van der Waals surface area contributed by atoms with Crippen LogP contribution in [-0.4, -0.2) is 32.9 Å². The summed E-state index contributed by atoms with van der Waals surface area (Å²) in [6.07, 6.45) is 4.55. The van der Waals surface area contributed by atoms with Gasteiger partial charge >= 0.3 is 5.69 Å². The SMILES string of the molecule is Cc1c(-c2ncco2)sc2c1c(=O)n(C[C@H](OC1CCCCO1)c1ccccc1)c(=O)n2CC(N)=O. The van der Waals surface area contributed by atoms with E-state index >= 15 is 0 Å². The van der Waals surface area contributed by atoms with E-state index in [1.54, 1.807) is 6.92 Å². The molecule has 0 aliphatic carbocycles. The smallest absolute Gasteiger partial charge is 0.332 e. The third-order valence-corrected chi connectivity index (χ3v) is 7.51. The molecule has 1 aromatic carbocycles. The molecular formula is C25H26N4O6S. The van der Waals surface area contributed by atoms with E-state index in [0.717, 1.165) is 29.4 Å². The molecule has 2 atom stereocenters. The van der Waals surface area contributed by atoms with Crippen molar-refractivity contribution in [2.24, 2.45) is 5.73 Å². The Balaban J connectivity index is 1.65. The minimum atomic E-state index is -0.696. The van der Waals surface area contributed by atoms with Crippen LogP contribution in [-0.2, 0) is 27.4 Å². The van der Waals surface area contributed by atoms with Gasteiger partial charge in [0.15, 0.2) is 6.29 Å². The second kappa shape index (κ2) is 10.2. The molecule has 1 aliphatic heterocycles. The Bertz CT molecular complexity index is 1480. The number of nitrogens with two attached hydrogens (primary N) is 1. The fourth-order valence-corrected chi connectivity index (χ4v) is 5.68. The zero-order chi connectivity index (χ0) is 25.2. The lowest BCUT2D eigenvalue weighted by atomic mass is 10.1. The summed E-state index contributed by atoms with van der Waals surface area (Å²) in [6.45, 7) is 1.94. The third kappa shape index (κ3) is 4.64. The number of aromatic nitrogens is 3. The van der Waals surface area contributed by atoms with Crippen LogP contribution in [0.15, 0.2) is 56.8 Å². The molecule has 0 bridgehead atoms. The summed E-state index contributed by atoms with van der Waals surface area (Å²) in [5, 5.41) is 0.315. The van der Waals surface area contributed by atoms with Crippen molar-refractivity contribution in [1.82, 2.24) is 14.1 Å². The van der Waals surface area contributed by atoms with Gasteiger partial charge in [-0.2, -0.15) is 0 Å². The van der Waals surface area contributed by atoms with Gasteiger partial charge in [-0.15, -0.1) is 11.3 Å². The van der Waals surface area contributed by atoms with E-state index in [1.165, 1.54) is 28.4 Å². The Morgan fingerprint density at radius 1 is 1.25 bits per heavy atom. The molecule has 11 heteroatoms. The number of nitrogens with zero attached hydrogens (tertiary/aromatic N) is 3. The number of amides is 1. The number of rotatable bonds is 8. The molecule has 4 aromatic rings. The molecule has 3 aromatic heterocycles. The molecule has 0 radical (unpaired) electrons. The van der Waals surface area contributed by atoms with Gasteiger partial charge in [0.05, 0.1) is 23.0 Å². The summed E-state index contributed by atoms with van der Waals surface area (Å²) in [5.41, 5.74) is 5.78. The normalized spacial score (nSPS) is 16.9.